The number of hydrogen-bond acceptors (Lipinski definition) is 5. The van der Waals surface area contributed by atoms with Crippen molar-refractivity contribution in [3.63, 3.8) is 0 Å². The van der Waals surface area contributed by atoms with Crippen molar-refractivity contribution in [1.29, 1.82) is 0 Å². The van der Waals surface area contributed by atoms with Crippen molar-refractivity contribution in [3.05, 3.63) is 89.5 Å². The molecule has 4 N–H and O–H groups in total. The molecular weight excluding hydrogens is 491 g/mol. The highest BCUT2D eigenvalue weighted by atomic mass is 31.2. The molecule has 0 aliphatic heterocycles. The molecule has 194 valence electrons. The molecule has 1 amide bonds. The van der Waals surface area contributed by atoms with E-state index in [1.54, 1.807) is 12.1 Å². The molecule has 0 saturated carbocycles. The molecule has 8 nitrogen and oxygen atoms in total. The highest BCUT2D eigenvalue weighted by Crippen LogP contribution is 2.42. The standard InChI is InChI=1S/C28H31N2O6P/c31-27(32)15-16-29-28(33)26(17-20-9-11-23(12-10-20)21-5-2-1-3-6-21)30-19-37(34,35)36-25-14-13-22-7-4-8-24(22)18-25/h1-3,5-6,9-14,18,26,30H,4,7-8,15-17,19H2,(H,29,33)(H,31,32)(H,34,35)/t26-/m0/s1. The number of carbonyl (C=O) groups is 2. The van der Waals surface area contributed by atoms with Crippen LogP contribution in [0.2, 0.25) is 0 Å². The number of rotatable bonds is 12. The number of benzene rings is 3. The van der Waals surface area contributed by atoms with Gasteiger partial charge in [-0.1, -0.05) is 60.7 Å². The maximum absolute atomic E-state index is 12.8. The molecule has 1 aliphatic carbocycles. The molecule has 0 fully saturated rings. The maximum atomic E-state index is 12.8. The van der Waals surface area contributed by atoms with Crippen LogP contribution in [0, 0.1) is 0 Å². The van der Waals surface area contributed by atoms with Crippen LogP contribution in [0.4, 0.5) is 0 Å². The van der Waals surface area contributed by atoms with E-state index in [0.717, 1.165) is 41.5 Å². The largest absolute Gasteiger partial charge is 0.481 e. The summed E-state index contributed by atoms with van der Waals surface area (Å²) in [5.74, 6) is -1.15. The number of fused-ring (bicyclic) bond motifs is 1. The molecule has 3 aromatic carbocycles. The molecule has 0 heterocycles. The first kappa shape index (κ1) is 26.6. The molecule has 9 heteroatoms. The molecule has 0 spiro atoms. The molecule has 0 saturated heterocycles. The Morgan fingerprint density at radius 2 is 1.65 bits per heavy atom. The van der Waals surface area contributed by atoms with Crippen LogP contribution in [0.15, 0.2) is 72.8 Å². The van der Waals surface area contributed by atoms with Crippen LogP contribution < -0.4 is 15.2 Å². The summed E-state index contributed by atoms with van der Waals surface area (Å²) in [7, 11) is -4.11. The zero-order valence-electron chi connectivity index (χ0n) is 20.4. The van der Waals surface area contributed by atoms with Gasteiger partial charge in [0.1, 0.15) is 12.0 Å². The van der Waals surface area contributed by atoms with Gasteiger partial charge < -0.3 is 19.8 Å². The van der Waals surface area contributed by atoms with Crippen LogP contribution in [-0.2, 0) is 33.4 Å². The van der Waals surface area contributed by atoms with Crippen LogP contribution in [0.3, 0.4) is 0 Å². The fraction of sp³-hybridized carbons (Fsp3) is 0.286. The number of nitrogens with one attached hydrogen (secondary N) is 2. The van der Waals surface area contributed by atoms with Gasteiger partial charge >= 0.3 is 13.6 Å². The second kappa shape index (κ2) is 12.2. The molecular formula is C28H31N2O6P. The smallest absolute Gasteiger partial charge is 0.390 e. The molecule has 4 rings (SSSR count). The lowest BCUT2D eigenvalue weighted by Crippen LogP contribution is -2.46. The summed E-state index contributed by atoms with van der Waals surface area (Å²) < 4.78 is 18.3. The van der Waals surface area contributed by atoms with Gasteiger partial charge in [-0.15, -0.1) is 0 Å². The molecule has 0 bridgehead atoms. The van der Waals surface area contributed by atoms with Crippen molar-refractivity contribution in [3.8, 4) is 16.9 Å². The van der Waals surface area contributed by atoms with Crippen molar-refractivity contribution in [2.75, 3.05) is 12.8 Å². The third-order valence-electron chi connectivity index (χ3n) is 6.31. The minimum atomic E-state index is -4.11. The first-order valence-corrected chi connectivity index (χ1v) is 14.1. The van der Waals surface area contributed by atoms with Gasteiger partial charge in [-0.3, -0.25) is 14.9 Å². The average molecular weight is 523 g/mol. The average Bonchev–Trinajstić information content (AvgIpc) is 3.35. The Hall–Kier alpha value is -3.45. The molecule has 0 aromatic heterocycles. The quantitative estimate of drug-likeness (QED) is 0.263. The van der Waals surface area contributed by atoms with Crippen LogP contribution in [0.5, 0.6) is 5.75 Å². The number of amides is 1. The topological polar surface area (TPSA) is 125 Å². The fourth-order valence-corrected chi connectivity index (χ4v) is 5.36. The van der Waals surface area contributed by atoms with Gasteiger partial charge in [0.05, 0.1) is 12.5 Å². The maximum Gasteiger partial charge on any atom is 0.390 e. The van der Waals surface area contributed by atoms with Gasteiger partial charge in [0, 0.05) is 6.54 Å². The SMILES string of the molecule is O=C(O)CCNC(=O)[C@H](Cc1ccc(-c2ccccc2)cc1)NCP(=O)(O)Oc1ccc2c(c1)CCC2. The highest BCUT2D eigenvalue weighted by molar-refractivity contribution is 7.53. The van der Waals surface area contributed by atoms with E-state index in [-0.39, 0.29) is 19.4 Å². The minimum Gasteiger partial charge on any atom is -0.481 e. The van der Waals surface area contributed by atoms with E-state index in [2.05, 4.69) is 10.6 Å². The molecule has 37 heavy (non-hydrogen) atoms. The lowest BCUT2D eigenvalue weighted by molar-refractivity contribution is -0.137. The van der Waals surface area contributed by atoms with E-state index < -0.39 is 31.8 Å². The van der Waals surface area contributed by atoms with E-state index >= 15 is 0 Å². The van der Waals surface area contributed by atoms with Crippen LogP contribution in [-0.4, -0.2) is 40.7 Å². The zero-order chi connectivity index (χ0) is 26.3. The van der Waals surface area contributed by atoms with Gasteiger partial charge in [0.25, 0.3) is 0 Å². The van der Waals surface area contributed by atoms with E-state index in [1.165, 1.54) is 5.56 Å². The number of aliphatic carboxylic acids is 1. The van der Waals surface area contributed by atoms with Gasteiger partial charge in [0.15, 0.2) is 0 Å². The second-order valence-electron chi connectivity index (χ2n) is 9.13. The van der Waals surface area contributed by atoms with Crippen molar-refractivity contribution in [2.45, 2.75) is 38.1 Å². The Labute approximate surface area is 216 Å². The lowest BCUT2D eigenvalue weighted by Gasteiger charge is -2.21. The van der Waals surface area contributed by atoms with Gasteiger partial charge in [-0.05, 0) is 65.6 Å². The van der Waals surface area contributed by atoms with Gasteiger partial charge in [-0.25, -0.2) is 4.57 Å². The number of aryl methyl sites for hydroxylation is 2. The fourth-order valence-electron chi connectivity index (χ4n) is 4.40. The first-order valence-electron chi connectivity index (χ1n) is 12.3. The molecule has 1 unspecified atom stereocenters. The van der Waals surface area contributed by atoms with Crippen molar-refractivity contribution in [2.24, 2.45) is 0 Å². The molecule has 1 aliphatic rings. The monoisotopic (exact) mass is 522 g/mol. The summed E-state index contributed by atoms with van der Waals surface area (Å²) >= 11 is 0. The Morgan fingerprint density at radius 3 is 2.38 bits per heavy atom. The predicted octanol–water partition coefficient (Wildman–Crippen LogP) is 4.16. The zero-order valence-corrected chi connectivity index (χ0v) is 21.3. The summed E-state index contributed by atoms with van der Waals surface area (Å²) in [5.41, 5.74) is 5.30. The molecule has 3 aromatic rings. The highest BCUT2D eigenvalue weighted by Gasteiger charge is 2.27. The van der Waals surface area contributed by atoms with Gasteiger partial charge in [0.2, 0.25) is 5.91 Å². The Kier molecular flexibility index (Phi) is 8.77. The third kappa shape index (κ3) is 7.76. The first-order chi connectivity index (χ1) is 17.8. The second-order valence-corrected chi connectivity index (χ2v) is 10.9. The predicted molar refractivity (Wildman–Crippen MR) is 142 cm³/mol. The van der Waals surface area contributed by atoms with Crippen LogP contribution in [0.1, 0.15) is 29.5 Å². The lowest BCUT2D eigenvalue weighted by atomic mass is 10.0. The van der Waals surface area contributed by atoms with Crippen LogP contribution >= 0.6 is 7.60 Å². The summed E-state index contributed by atoms with van der Waals surface area (Å²) in [5, 5.41) is 14.3. The third-order valence-corrected chi connectivity index (χ3v) is 7.39. The van der Waals surface area contributed by atoms with Crippen molar-refractivity contribution in [1.82, 2.24) is 10.6 Å². The summed E-state index contributed by atoms with van der Waals surface area (Å²) in [6.07, 6.45) is 2.56. The van der Waals surface area contributed by atoms with Gasteiger partial charge in [-0.2, -0.15) is 0 Å². The molecule has 0 radical (unpaired) electrons. The summed E-state index contributed by atoms with van der Waals surface area (Å²) in [4.78, 5) is 34.2. The van der Waals surface area contributed by atoms with E-state index in [1.807, 2.05) is 60.7 Å². The number of carboxylic acid groups (broad SMARTS) is 1. The summed E-state index contributed by atoms with van der Waals surface area (Å²) in [6, 6.07) is 22.2. The Bertz CT molecular complexity index is 1280. The normalized spacial score (nSPS) is 14.8. The van der Waals surface area contributed by atoms with E-state index in [0.29, 0.717) is 5.75 Å². The number of carbonyl (C=O) groups excluding carboxylic acids is 1. The van der Waals surface area contributed by atoms with E-state index in [9.17, 15) is 19.0 Å². The molecule has 2 atom stereocenters. The minimum absolute atomic E-state index is 0.0400. The Morgan fingerprint density at radius 1 is 0.946 bits per heavy atom. The van der Waals surface area contributed by atoms with Crippen LogP contribution in [0.25, 0.3) is 11.1 Å². The summed E-state index contributed by atoms with van der Waals surface area (Å²) in [6.45, 7) is -0.0400. The number of carboxylic acids is 1. The number of hydrogen-bond donors (Lipinski definition) is 4. The van der Waals surface area contributed by atoms with E-state index in [4.69, 9.17) is 9.63 Å². The van der Waals surface area contributed by atoms with Crippen molar-refractivity contribution < 1.29 is 28.7 Å². The van der Waals surface area contributed by atoms with Crippen molar-refractivity contribution >= 4 is 19.5 Å². The Balaban J connectivity index is 1.42.